The number of halogens is 5. The minimum atomic E-state index is -4.51. The SMILES string of the molecule is NC(=O)c1ccc(C2=CCC(c3cc(Cl)cc(Cl)c3)(C(F)(F)F)C2)c2ccccc12. The van der Waals surface area contributed by atoms with Gasteiger partial charge in [0.25, 0.3) is 0 Å². The molecule has 1 aliphatic rings. The van der Waals surface area contributed by atoms with Gasteiger partial charge in [-0.1, -0.05) is 59.6 Å². The van der Waals surface area contributed by atoms with Gasteiger partial charge in [0.05, 0.1) is 5.41 Å². The van der Waals surface area contributed by atoms with E-state index in [1.165, 1.54) is 18.2 Å². The van der Waals surface area contributed by atoms with Crippen molar-refractivity contribution in [1.82, 2.24) is 0 Å². The van der Waals surface area contributed by atoms with E-state index in [9.17, 15) is 18.0 Å². The quantitative estimate of drug-likeness (QED) is 0.462. The Kier molecular flexibility index (Phi) is 5.07. The smallest absolute Gasteiger partial charge is 0.366 e. The van der Waals surface area contributed by atoms with Crippen LogP contribution in [-0.2, 0) is 5.41 Å². The first-order valence-corrected chi connectivity index (χ1v) is 9.92. The summed E-state index contributed by atoms with van der Waals surface area (Å²) in [5, 5.41) is 1.61. The van der Waals surface area contributed by atoms with Crippen LogP contribution in [0.5, 0.6) is 0 Å². The number of carbonyl (C=O) groups is 1. The Morgan fingerprint density at radius 1 is 0.967 bits per heavy atom. The van der Waals surface area contributed by atoms with E-state index in [1.54, 1.807) is 42.5 Å². The molecule has 3 aromatic rings. The van der Waals surface area contributed by atoms with Gasteiger partial charge in [-0.3, -0.25) is 4.79 Å². The zero-order valence-corrected chi connectivity index (χ0v) is 17.1. The molecule has 2 N–H and O–H groups in total. The number of benzene rings is 3. The molecular formula is C23H16Cl2F3NO. The normalized spacial score (nSPS) is 19.2. The van der Waals surface area contributed by atoms with Crippen LogP contribution in [0.4, 0.5) is 13.2 Å². The van der Waals surface area contributed by atoms with Crippen LogP contribution in [0.25, 0.3) is 16.3 Å². The molecule has 0 radical (unpaired) electrons. The summed E-state index contributed by atoms with van der Waals surface area (Å²) in [4.78, 5) is 11.8. The zero-order chi connectivity index (χ0) is 21.7. The summed E-state index contributed by atoms with van der Waals surface area (Å²) >= 11 is 12.0. The Morgan fingerprint density at radius 2 is 1.60 bits per heavy atom. The number of hydrogen-bond donors (Lipinski definition) is 1. The van der Waals surface area contributed by atoms with Crippen molar-refractivity contribution in [2.24, 2.45) is 5.73 Å². The van der Waals surface area contributed by atoms with E-state index in [0.29, 0.717) is 27.5 Å². The van der Waals surface area contributed by atoms with Gasteiger partial charge in [0, 0.05) is 15.6 Å². The minimum Gasteiger partial charge on any atom is -0.366 e. The highest BCUT2D eigenvalue weighted by molar-refractivity contribution is 6.34. The van der Waals surface area contributed by atoms with Crippen molar-refractivity contribution in [3.05, 3.63) is 87.4 Å². The largest absolute Gasteiger partial charge is 0.399 e. The lowest BCUT2D eigenvalue weighted by Crippen LogP contribution is -2.40. The first kappa shape index (κ1) is 20.8. The lowest BCUT2D eigenvalue weighted by Gasteiger charge is -2.33. The molecule has 4 rings (SSSR count). The number of rotatable bonds is 3. The van der Waals surface area contributed by atoms with Crippen molar-refractivity contribution < 1.29 is 18.0 Å². The summed E-state index contributed by atoms with van der Waals surface area (Å²) in [5.74, 6) is -0.587. The second-order valence-corrected chi connectivity index (χ2v) is 8.29. The van der Waals surface area contributed by atoms with Crippen LogP contribution < -0.4 is 5.73 Å². The summed E-state index contributed by atoms with van der Waals surface area (Å²) in [6.07, 6.45) is -3.39. The second-order valence-electron chi connectivity index (χ2n) is 7.42. The Balaban J connectivity index is 1.84. The fourth-order valence-corrected chi connectivity index (χ4v) is 4.72. The lowest BCUT2D eigenvalue weighted by molar-refractivity contribution is -0.187. The number of carbonyl (C=O) groups excluding carboxylic acids is 1. The first-order valence-electron chi connectivity index (χ1n) is 9.17. The van der Waals surface area contributed by atoms with Crippen LogP contribution in [-0.4, -0.2) is 12.1 Å². The third kappa shape index (κ3) is 3.36. The monoisotopic (exact) mass is 449 g/mol. The summed E-state index contributed by atoms with van der Waals surface area (Å²) in [5.41, 5.74) is 4.90. The molecule has 1 aliphatic carbocycles. The van der Waals surface area contributed by atoms with Crippen molar-refractivity contribution in [3.63, 3.8) is 0 Å². The number of fused-ring (bicyclic) bond motifs is 1. The van der Waals surface area contributed by atoms with Gasteiger partial charge in [-0.05, 0) is 64.6 Å². The fourth-order valence-electron chi connectivity index (χ4n) is 4.20. The van der Waals surface area contributed by atoms with Crippen LogP contribution in [0.3, 0.4) is 0 Å². The van der Waals surface area contributed by atoms with Gasteiger partial charge in [-0.2, -0.15) is 13.2 Å². The fraction of sp³-hybridized carbons (Fsp3) is 0.174. The number of alkyl halides is 3. The van der Waals surface area contributed by atoms with Crippen molar-refractivity contribution in [1.29, 1.82) is 0 Å². The molecule has 0 aromatic heterocycles. The molecule has 0 saturated carbocycles. The summed E-state index contributed by atoms with van der Waals surface area (Å²) < 4.78 is 43.1. The van der Waals surface area contributed by atoms with Crippen LogP contribution in [0.2, 0.25) is 10.0 Å². The Hall–Kier alpha value is -2.50. The van der Waals surface area contributed by atoms with E-state index in [2.05, 4.69) is 0 Å². The highest BCUT2D eigenvalue weighted by Crippen LogP contribution is 2.55. The molecular weight excluding hydrogens is 434 g/mol. The van der Waals surface area contributed by atoms with Crippen molar-refractivity contribution >= 4 is 45.5 Å². The number of primary amides is 1. The number of amides is 1. The number of allylic oxidation sites excluding steroid dienone is 2. The maximum absolute atomic E-state index is 14.4. The van der Waals surface area contributed by atoms with Crippen LogP contribution >= 0.6 is 23.2 Å². The maximum atomic E-state index is 14.4. The average molecular weight is 450 g/mol. The van der Waals surface area contributed by atoms with Gasteiger partial charge in [0.2, 0.25) is 5.91 Å². The lowest BCUT2D eigenvalue weighted by atomic mass is 9.76. The van der Waals surface area contributed by atoms with E-state index in [1.807, 2.05) is 0 Å². The molecule has 0 saturated heterocycles. The summed E-state index contributed by atoms with van der Waals surface area (Å²) in [7, 11) is 0. The zero-order valence-electron chi connectivity index (χ0n) is 15.6. The number of nitrogens with two attached hydrogens (primary N) is 1. The highest BCUT2D eigenvalue weighted by atomic mass is 35.5. The molecule has 1 amide bonds. The molecule has 0 heterocycles. The van der Waals surface area contributed by atoms with Gasteiger partial charge in [0.1, 0.15) is 0 Å². The van der Waals surface area contributed by atoms with Gasteiger partial charge in [0.15, 0.2) is 0 Å². The standard InChI is InChI=1S/C23H16Cl2F3NO/c24-15-9-14(10-16(25)11-15)22(23(26,27)28)8-7-13(12-22)17-5-6-20(21(29)30)19-4-2-1-3-18(17)19/h1-7,9-11H,8,12H2,(H2,29,30). The van der Waals surface area contributed by atoms with Crippen LogP contribution in [0.15, 0.2) is 60.7 Å². The predicted molar refractivity (Wildman–Crippen MR) is 114 cm³/mol. The molecule has 0 bridgehead atoms. The molecule has 1 atom stereocenters. The van der Waals surface area contributed by atoms with E-state index >= 15 is 0 Å². The van der Waals surface area contributed by atoms with Crippen molar-refractivity contribution in [2.75, 3.05) is 0 Å². The molecule has 30 heavy (non-hydrogen) atoms. The van der Waals surface area contributed by atoms with E-state index in [4.69, 9.17) is 28.9 Å². The predicted octanol–water partition coefficient (Wildman–Crippen LogP) is 6.92. The van der Waals surface area contributed by atoms with Gasteiger partial charge < -0.3 is 5.73 Å². The topological polar surface area (TPSA) is 43.1 Å². The minimum absolute atomic E-state index is 0.0387. The molecule has 7 heteroatoms. The molecule has 0 aliphatic heterocycles. The molecule has 0 spiro atoms. The van der Waals surface area contributed by atoms with Crippen LogP contribution in [0.1, 0.15) is 34.3 Å². The van der Waals surface area contributed by atoms with E-state index in [0.717, 1.165) is 0 Å². The average Bonchev–Trinajstić information content (AvgIpc) is 3.13. The molecule has 2 nitrogen and oxygen atoms in total. The van der Waals surface area contributed by atoms with E-state index in [-0.39, 0.29) is 28.5 Å². The third-order valence-corrected chi connectivity index (χ3v) is 6.12. The Morgan fingerprint density at radius 3 is 2.20 bits per heavy atom. The maximum Gasteiger partial charge on any atom is 0.399 e. The molecule has 0 fully saturated rings. The van der Waals surface area contributed by atoms with Gasteiger partial charge in [-0.25, -0.2) is 0 Å². The number of hydrogen-bond acceptors (Lipinski definition) is 1. The third-order valence-electron chi connectivity index (χ3n) is 5.68. The molecule has 1 unspecified atom stereocenters. The van der Waals surface area contributed by atoms with Gasteiger partial charge in [-0.15, -0.1) is 0 Å². The van der Waals surface area contributed by atoms with E-state index < -0.39 is 17.5 Å². The summed E-state index contributed by atoms with van der Waals surface area (Å²) in [6, 6.07) is 14.3. The summed E-state index contributed by atoms with van der Waals surface area (Å²) in [6.45, 7) is 0. The molecule has 3 aromatic carbocycles. The van der Waals surface area contributed by atoms with Crippen LogP contribution in [0, 0.1) is 0 Å². The van der Waals surface area contributed by atoms with Crippen molar-refractivity contribution in [3.8, 4) is 0 Å². The Bertz CT molecular complexity index is 1180. The molecule has 154 valence electrons. The Labute approximate surface area is 181 Å². The van der Waals surface area contributed by atoms with Crippen molar-refractivity contribution in [2.45, 2.75) is 24.4 Å². The second kappa shape index (κ2) is 7.33. The van der Waals surface area contributed by atoms with Gasteiger partial charge >= 0.3 is 6.18 Å². The highest BCUT2D eigenvalue weighted by Gasteiger charge is 2.57. The first-order chi connectivity index (χ1) is 14.1.